The van der Waals surface area contributed by atoms with E-state index in [2.05, 4.69) is 5.32 Å². The van der Waals surface area contributed by atoms with E-state index in [1.54, 1.807) is 0 Å². The molecule has 0 spiro atoms. The van der Waals surface area contributed by atoms with E-state index in [1.165, 1.54) is 22.5 Å². The third-order valence-electron chi connectivity index (χ3n) is 4.48. The van der Waals surface area contributed by atoms with Crippen LogP contribution in [0.15, 0.2) is 29.2 Å². The molecule has 8 heteroatoms. The van der Waals surface area contributed by atoms with Gasteiger partial charge in [-0.2, -0.15) is 4.31 Å². The second-order valence-electron chi connectivity index (χ2n) is 6.22. The van der Waals surface area contributed by atoms with Crippen LogP contribution in [-0.4, -0.2) is 62.3 Å². The number of carbonyl (C=O) groups is 1. The van der Waals surface area contributed by atoms with E-state index in [9.17, 15) is 17.6 Å². The fourth-order valence-electron chi connectivity index (χ4n) is 2.87. The summed E-state index contributed by atoms with van der Waals surface area (Å²) in [5, 5.41) is 2.98. The van der Waals surface area contributed by atoms with Crippen molar-refractivity contribution in [3.63, 3.8) is 0 Å². The van der Waals surface area contributed by atoms with Gasteiger partial charge in [-0.15, -0.1) is 0 Å². The highest BCUT2D eigenvalue weighted by molar-refractivity contribution is 7.89. The van der Waals surface area contributed by atoms with Gasteiger partial charge in [-0.05, 0) is 31.0 Å². The molecule has 0 aromatic heterocycles. The molecular formula is C17H26FN3O3S. The van der Waals surface area contributed by atoms with Crippen molar-refractivity contribution in [3.8, 4) is 0 Å². The maximum absolute atomic E-state index is 13.3. The highest BCUT2D eigenvalue weighted by atomic mass is 32.2. The Morgan fingerprint density at radius 2 is 1.84 bits per heavy atom. The van der Waals surface area contributed by atoms with Gasteiger partial charge in [0.25, 0.3) is 0 Å². The quantitative estimate of drug-likeness (QED) is 0.787. The Bertz CT molecular complexity index is 684. The molecule has 25 heavy (non-hydrogen) atoms. The van der Waals surface area contributed by atoms with Gasteiger partial charge < -0.3 is 5.32 Å². The average molecular weight is 371 g/mol. The molecule has 1 aliphatic rings. The van der Waals surface area contributed by atoms with Crippen LogP contribution in [0.4, 0.5) is 4.39 Å². The van der Waals surface area contributed by atoms with Gasteiger partial charge in [-0.1, -0.05) is 19.9 Å². The third-order valence-corrected chi connectivity index (χ3v) is 6.38. The maximum atomic E-state index is 13.3. The Kier molecular flexibility index (Phi) is 6.92. The second kappa shape index (κ2) is 8.73. The SMILES string of the molecule is CCC(CC)NC(=O)CN1CCN(S(=O)(=O)c2cccc(F)c2)CC1. The molecule has 1 saturated heterocycles. The molecule has 0 saturated carbocycles. The van der Waals surface area contributed by atoms with E-state index in [1.807, 2.05) is 18.7 Å². The van der Waals surface area contributed by atoms with Crippen molar-refractivity contribution in [1.29, 1.82) is 0 Å². The van der Waals surface area contributed by atoms with Gasteiger partial charge in [0, 0.05) is 32.2 Å². The zero-order valence-corrected chi connectivity index (χ0v) is 15.6. The highest BCUT2D eigenvalue weighted by Crippen LogP contribution is 2.18. The lowest BCUT2D eigenvalue weighted by atomic mass is 10.2. The number of piperazine rings is 1. The van der Waals surface area contributed by atoms with Crippen LogP contribution in [0.1, 0.15) is 26.7 Å². The van der Waals surface area contributed by atoms with Crippen molar-refractivity contribution in [2.75, 3.05) is 32.7 Å². The topological polar surface area (TPSA) is 69.7 Å². The molecule has 1 fully saturated rings. The molecule has 6 nitrogen and oxygen atoms in total. The Morgan fingerprint density at radius 1 is 1.20 bits per heavy atom. The number of rotatable bonds is 7. The first-order valence-electron chi connectivity index (χ1n) is 8.64. The molecule has 1 aromatic rings. The monoisotopic (exact) mass is 371 g/mol. The number of nitrogens with one attached hydrogen (secondary N) is 1. The molecule has 0 aliphatic carbocycles. The third kappa shape index (κ3) is 5.23. The minimum absolute atomic E-state index is 0.0323. The molecule has 1 heterocycles. The van der Waals surface area contributed by atoms with Crippen molar-refractivity contribution in [3.05, 3.63) is 30.1 Å². The van der Waals surface area contributed by atoms with E-state index in [0.29, 0.717) is 13.1 Å². The van der Waals surface area contributed by atoms with Crippen LogP contribution in [0, 0.1) is 5.82 Å². The minimum atomic E-state index is -3.70. The van der Waals surface area contributed by atoms with Gasteiger partial charge in [0.15, 0.2) is 0 Å². The van der Waals surface area contributed by atoms with Gasteiger partial charge in [-0.3, -0.25) is 9.69 Å². The van der Waals surface area contributed by atoms with Gasteiger partial charge in [0.05, 0.1) is 11.4 Å². The number of amides is 1. The van der Waals surface area contributed by atoms with Crippen LogP contribution >= 0.6 is 0 Å². The van der Waals surface area contributed by atoms with E-state index in [4.69, 9.17) is 0 Å². The molecule has 1 aromatic carbocycles. The summed E-state index contributed by atoms with van der Waals surface area (Å²) in [5.74, 6) is -0.604. The zero-order chi connectivity index (χ0) is 18.4. The predicted molar refractivity (Wildman–Crippen MR) is 94.1 cm³/mol. The lowest BCUT2D eigenvalue weighted by molar-refractivity contribution is -0.123. The molecule has 0 bridgehead atoms. The molecule has 1 N–H and O–H groups in total. The second-order valence-corrected chi connectivity index (χ2v) is 8.16. The molecule has 0 atom stereocenters. The van der Waals surface area contributed by atoms with Gasteiger partial charge in [-0.25, -0.2) is 12.8 Å². The van der Waals surface area contributed by atoms with Crippen LogP contribution in [-0.2, 0) is 14.8 Å². The van der Waals surface area contributed by atoms with Gasteiger partial charge in [0.1, 0.15) is 5.82 Å². The Labute approximate surface area is 149 Å². The normalized spacial score (nSPS) is 17.0. The number of sulfonamides is 1. The van der Waals surface area contributed by atoms with Crippen LogP contribution in [0.3, 0.4) is 0 Å². The fourth-order valence-corrected chi connectivity index (χ4v) is 4.33. The summed E-state index contributed by atoms with van der Waals surface area (Å²) in [6.45, 7) is 5.86. The Balaban J connectivity index is 1.90. The summed E-state index contributed by atoms with van der Waals surface area (Å²) in [4.78, 5) is 14.0. The zero-order valence-electron chi connectivity index (χ0n) is 14.7. The lowest BCUT2D eigenvalue weighted by Crippen LogP contribution is -2.51. The van der Waals surface area contributed by atoms with Crippen molar-refractivity contribution in [1.82, 2.24) is 14.5 Å². The summed E-state index contributed by atoms with van der Waals surface area (Å²) >= 11 is 0. The van der Waals surface area contributed by atoms with Gasteiger partial charge >= 0.3 is 0 Å². The molecule has 1 aliphatic heterocycles. The number of carbonyl (C=O) groups excluding carboxylic acids is 1. The standard InChI is InChI=1S/C17H26FN3O3S/c1-3-15(4-2)19-17(22)13-20-8-10-21(11-9-20)25(23,24)16-7-5-6-14(18)12-16/h5-7,12,15H,3-4,8-11,13H2,1-2H3,(H,19,22). The van der Waals surface area contributed by atoms with Crippen molar-refractivity contribution in [2.45, 2.75) is 37.6 Å². The average Bonchev–Trinajstić information content (AvgIpc) is 2.60. The molecule has 0 radical (unpaired) electrons. The minimum Gasteiger partial charge on any atom is -0.352 e. The predicted octanol–water partition coefficient (Wildman–Crippen LogP) is 1.44. The first kappa shape index (κ1) is 19.8. The first-order valence-corrected chi connectivity index (χ1v) is 10.1. The van der Waals surface area contributed by atoms with Gasteiger partial charge in [0.2, 0.25) is 15.9 Å². The molecule has 0 unspecified atom stereocenters. The first-order chi connectivity index (χ1) is 11.9. The summed E-state index contributed by atoms with van der Waals surface area (Å²) in [6, 6.07) is 5.22. The van der Waals surface area contributed by atoms with E-state index < -0.39 is 15.8 Å². The number of benzene rings is 1. The van der Waals surface area contributed by atoms with Crippen molar-refractivity contribution < 1.29 is 17.6 Å². The molecule has 1 amide bonds. The van der Waals surface area contributed by atoms with Crippen LogP contribution in [0.5, 0.6) is 0 Å². The van der Waals surface area contributed by atoms with Crippen molar-refractivity contribution in [2.24, 2.45) is 0 Å². The molecule has 140 valence electrons. The van der Waals surface area contributed by atoms with E-state index in [-0.39, 0.29) is 36.5 Å². The Morgan fingerprint density at radius 3 is 2.40 bits per heavy atom. The van der Waals surface area contributed by atoms with Crippen LogP contribution < -0.4 is 5.32 Å². The van der Waals surface area contributed by atoms with E-state index in [0.717, 1.165) is 18.9 Å². The van der Waals surface area contributed by atoms with E-state index >= 15 is 0 Å². The van der Waals surface area contributed by atoms with Crippen LogP contribution in [0.25, 0.3) is 0 Å². The summed E-state index contributed by atoms with van der Waals surface area (Å²) in [6.07, 6.45) is 1.78. The van der Waals surface area contributed by atoms with Crippen LogP contribution in [0.2, 0.25) is 0 Å². The Hall–Kier alpha value is -1.51. The molecular weight excluding hydrogens is 345 g/mol. The summed E-state index contributed by atoms with van der Waals surface area (Å²) in [5.41, 5.74) is 0. The largest absolute Gasteiger partial charge is 0.352 e. The highest BCUT2D eigenvalue weighted by Gasteiger charge is 2.29. The lowest BCUT2D eigenvalue weighted by Gasteiger charge is -2.33. The van der Waals surface area contributed by atoms with Crippen molar-refractivity contribution >= 4 is 15.9 Å². The number of hydrogen-bond acceptors (Lipinski definition) is 4. The number of hydrogen-bond donors (Lipinski definition) is 1. The fraction of sp³-hybridized carbons (Fsp3) is 0.588. The molecule has 2 rings (SSSR count). The summed E-state index contributed by atoms with van der Waals surface area (Å²) in [7, 11) is -3.70. The smallest absolute Gasteiger partial charge is 0.243 e. The number of halogens is 1. The summed E-state index contributed by atoms with van der Waals surface area (Å²) < 4.78 is 39.7. The maximum Gasteiger partial charge on any atom is 0.243 e. The number of nitrogens with zero attached hydrogens (tertiary/aromatic N) is 2.